The molecule has 1 aliphatic rings. The third-order valence-electron chi connectivity index (χ3n) is 5.20. The normalized spacial score (nSPS) is 16.6. The van der Waals surface area contributed by atoms with Gasteiger partial charge in [0.1, 0.15) is 11.5 Å². The number of ether oxygens (including phenoxy) is 1. The Morgan fingerprint density at radius 2 is 1.74 bits per heavy atom. The second kappa shape index (κ2) is 20.0. The van der Waals surface area contributed by atoms with E-state index >= 15 is 0 Å². The molecule has 0 aromatic heterocycles. The van der Waals surface area contributed by atoms with Crippen LogP contribution in [0, 0.1) is 12.8 Å². The minimum Gasteiger partial charge on any atom is -0.726 e. The molecule has 2 unspecified atom stereocenters. The van der Waals surface area contributed by atoms with Crippen molar-refractivity contribution in [2.45, 2.75) is 74.0 Å². The van der Waals surface area contributed by atoms with Crippen LogP contribution < -0.4 is 69.0 Å². The van der Waals surface area contributed by atoms with E-state index in [1.54, 1.807) is 32.9 Å². The number of carboxylic acid groups (broad SMARTS) is 2. The van der Waals surface area contributed by atoms with Gasteiger partial charge in [-0.15, -0.1) is 0 Å². The van der Waals surface area contributed by atoms with Crippen LogP contribution in [0.2, 0.25) is 0 Å². The molecule has 0 radical (unpaired) electrons. The standard InChI is InChI=1S/C11H14O4.C10H17NO7S.2CH4.2Na/c1-3-8-5-9(15-6-10(12)13)4-7(2)11(8)14;1-3-6(2)9(12)11-5-7(18-19(15,16)17)4-8(11)10(13)14;;;;/h4-5,14H,3,6H2,1-2H3,(H,12,13);6-8H,3-5H2,1-2H3,(H,13,14)(H,15,16,17);2*1H4;;/q;;;;2*+1/p-2/t;6?,7?,8-;;;;/m.1..../s1. The molecule has 15 heteroatoms. The third-order valence-corrected chi connectivity index (χ3v) is 5.71. The number of hydrogen-bond acceptors (Lipinski definition) is 10. The molecule has 1 fully saturated rings. The van der Waals surface area contributed by atoms with Gasteiger partial charge in [0.2, 0.25) is 16.3 Å². The number of hydrogen-bond donors (Lipinski definition) is 2. The largest absolute Gasteiger partial charge is 1.00 e. The monoisotopic (exact) mass is 581 g/mol. The number of aryl methyl sites for hydroxylation is 2. The molecule has 12 nitrogen and oxygen atoms in total. The van der Waals surface area contributed by atoms with E-state index in [-0.39, 0.29) is 99.3 Å². The number of carbonyl (C=O) groups excluding carboxylic acids is 2. The van der Waals surface area contributed by atoms with Crippen LogP contribution in [-0.4, -0.2) is 71.2 Å². The fourth-order valence-corrected chi connectivity index (χ4v) is 3.75. The van der Waals surface area contributed by atoms with E-state index in [0.717, 1.165) is 10.5 Å². The zero-order chi connectivity index (χ0) is 26.2. The van der Waals surface area contributed by atoms with Crippen LogP contribution in [0.1, 0.15) is 59.6 Å². The predicted octanol–water partition coefficient (Wildman–Crippen LogP) is -4.76. The Hall–Kier alpha value is -0.900. The maximum atomic E-state index is 12.0. The van der Waals surface area contributed by atoms with Gasteiger partial charge >= 0.3 is 65.1 Å². The molecule has 0 spiro atoms. The van der Waals surface area contributed by atoms with Crippen LogP contribution in [0.5, 0.6) is 11.5 Å². The summed E-state index contributed by atoms with van der Waals surface area (Å²) in [6.07, 6.45) is -0.220. The Morgan fingerprint density at radius 1 is 1.18 bits per heavy atom. The molecule has 208 valence electrons. The zero-order valence-corrected chi connectivity index (χ0v) is 26.2. The first-order valence-corrected chi connectivity index (χ1v) is 11.9. The molecule has 1 heterocycles. The topological polar surface area (TPSA) is 194 Å². The van der Waals surface area contributed by atoms with Gasteiger partial charge in [-0.1, -0.05) is 35.6 Å². The number of aromatic hydroxyl groups is 1. The summed E-state index contributed by atoms with van der Waals surface area (Å²) >= 11 is 0. The Balaban J connectivity index is -0.000000281. The average molecular weight is 582 g/mol. The second-order valence-electron chi connectivity index (χ2n) is 7.78. The summed E-state index contributed by atoms with van der Waals surface area (Å²) in [5.74, 6) is -2.61. The van der Waals surface area contributed by atoms with Crippen molar-refractivity contribution in [2.75, 3.05) is 13.2 Å². The van der Waals surface area contributed by atoms with Crippen LogP contribution in [-0.2, 0) is 35.4 Å². The van der Waals surface area contributed by atoms with Crippen LogP contribution in [0.15, 0.2) is 12.1 Å². The number of aliphatic carboxylic acids is 2. The molecule has 0 bridgehead atoms. The minimum atomic E-state index is -4.93. The van der Waals surface area contributed by atoms with Crippen molar-refractivity contribution in [2.24, 2.45) is 5.92 Å². The summed E-state index contributed by atoms with van der Waals surface area (Å²) in [5.41, 5.74) is 1.45. The minimum absolute atomic E-state index is 0. The number of carboxylic acids is 2. The van der Waals surface area contributed by atoms with E-state index in [1.807, 2.05) is 6.92 Å². The summed E-state index contributed by atoms with van der Waals surface area (Å²) in [6, 6.07) is 2.01. The summed E-state index contributed by atoms with van der Waals surface area (Å²) in [6.45, 7) is 6.45. The fourth-order valence-electron chi connectivity index (χ4n) is 3.27. The quantitative estimate of drug-likeness (QED) is 0.162. The maximum absolute atomic E-state index is 12.0. The second-order valence-corrected chi connectivity index (χ2v) is 8.79. The molecule has 0 aliphatic carbocycles. The molecular formula is C23H37NNa2O11S. The Kier molecular flexibility index (Phi) is 23.3. The number of phenolic OH excluding ortho intramolecular Hbond substituents is 1. The molecule has 1 aromatic rings. The van der Waals surface area contributed by atoms with Gasteiger partial charge in [-0.25, -0.2) is 13.2 Å². The first-order chi connectivity index (χ1) is 15.7. The van der Waals surface area contributed by atoms with E-state index < -0.39 is 46.3 Å². The predicted molar refractivity (Wildman–Crippen MR) is 128 cm³/mol. The first kappa shape index (κ1) is 44.1. The van der Waals surface area contributed by atoms with Gasteiger partial charge < -0.3 is 34.3 Å². The van der Waals surface area contributed by atoms with Crippen molar-refractivity contribution in [3.8, 4) is 11.5 Å². The molecule has 0 saturated carbocycles. The van der Waals surface area contributed by atoms with Gasteiger partial charge in [-0.2, -0.15) is 0 Å². The maximum Gasteiger partial charge on any atom is 1.00 e. The van der Waals surface area contributed by atoms with Crippen molar-refractivity contribution in [3.05, 3.63) is 23.3 Å². The molecular weight excluding hydrogens is 544 g/mol. The molecule has 2 N–H and O–H groups in total. The van der Waals surface area contributed by atoms with Gasteiger partial charge in [0.05, 0.1) is 18.1 Å². The Bertz CT molecular complexity index is 1010. The summed E-state index contributed by atoms with van der Waals surface area (Å²) < 4.78 is 40.7. The molecule has 1 aromatic carbocycles. The number of likely N-dealkylation sites (tertiary alicyclic amines) is 1. The number of amides is 1. The van der Waals surface area contributed by atoms with Crippen LogP contribution >= 0.6 is 0 Å². The fraction of sp³-hybridized carbons (Fsp3) is 0.609. The van der Waals surface area contributed by atoms with Gasteiger partial charge in [0.25, 0.3) is 0 Å². The Labute approximate surface area is 269 Å². The number of carbonyl (C=O) groups is 3. The molecule has 1 saturated heterocycles. The van der Waals surface area contributed by atoms with Crippen molar-refractivity contribution in [1.29, 1.82) is 0 Å². The van der Waals surface area contributed by atoms with Gasteiger partial charge in [0, 0.05) is 18.9 Å². The number of rotatable bonds is 9. The molecule has 2 rings (SSSR count). The summed E-state index contributed by atoms with van der Waals surface area (Å²) in [7, 11) is -4.93. The van der Waals surface area contributed by atoms with Gasteiger partial charge in [-0.05, 0) is 43.0 Å². The molecule has 38 heavy (non-hydrogen) atoms. The average Bonchev–Trinajstić information content (AvgIpc) is 3.16. The number of nitrogens with zero attached hydrogens (tertiary/aromatic N) is 1. The van der Waals surface area contributed by atoms with Crippen LogP contribution in [0.25, 0.3) is 0 Å². The van der Waals surface area contributed by atoms with E-state index in [4.69, 9.17) is 9.84 Å². The van der Waals surface area contributed by atoms with Crippen molar-refractivity contribution < 1.29 is 111 Å². The summed E-state index contributed by atoms with van der Waals surface area (Å²) in [5, 5.41) is 29.0. The third kappa shape index (κ3) is 14.5. The molecule has 1 aliphatic heterocycles. The smallest absolute Gasteiger partial charge is 0.726 e. The van der Waals surface area contributed by atoms with E-state index in [2.05, 4.69) is 4.18 Å². The van der Waals surface area contributed by atoms with Gasteiger partial charge in [0.15, 0.2) is 6.61 Å². The first-order valence-electron chi connectivity index (χ1n) is 10.5. The van der Waals surface area contributed by atoms with Crippen molar-refractivity contribution in [3.63, 3.8) is 0 Å². The molecule has 3 atom stereocenters. The number of phenols is 1. The molecule has 1 amide bonds. The van der Waals surface area contributed by atoms with Crippen LogP contribution in [0.4, 0.5) is 0 Å². The van der Waals surface area contributed by atoms with Crippen molar-refractivity contribution in [1.82, 2.24) is 4.90 Å². The summed E-state index contributed by atoms with van der Waals surface area (Å²) in [4.78, 5) is 34.2. The van der Waals surface area contributed by atoms with E-state index in [0.29, 0.717) is 24.2 Å². The SMILES string of the molecule is C.C.CCC(C)C(=O)N1CC(OS(=O)(=O)[O-])C[C@@H]1C(=O)[O-].CCc1cc(OCC(=O)O)cc(C)c1O.[Na+].[Na+]. The van der Waals surface area contributed by atoms with Gasteiger partial charge in [-0.3, -0.25) is 8.98 Å². The van der Waals surface area contributed by atoms with E-state index in [9.17, 15) is 37.6 Å². The zero-order valence-electron chi connectivity index (χ0n) is 21.3. The van der Waals surface area contributed by atoms with Crippen molar-refractivity contribution >= 4 is 28.2 Å². The Morgan fingerprint density at radius 3 is 2.16 bits per heavy atom. The number of benzene rings is 1. The van der Waals surface area contributed by atoms with E-state index in [1.165, 1.54) is 0 Å². The van der Waals surface area contributed by atoms with Crippen LogP contribution in [0.3, 0.4) is 0 Å².